The third kappa shape index (κ3) is 4.74. The number of halogens is 1. The highest BCUT2D eigenvalue weighted by Gasteiger charge is 2.08. The molecule has 0 aliphatic carbocycles. The van der Waals surface area contributed by atoms with Crippen LogP contribution < -0.4 is 27.8 Å². The SMILES string of the molecule is Cl.Nc1ccc(NC(=O)c2cccc(Nc3cc(N)nc(N)n3)c2)cc1. The second-order valence-corrected chi connectivity index (χ2v) is 5.32. The molecule has 0 saturated carbocycles. The van der Waals surface area contributed by atoms with E-state index in [0.29, 0.717) is 28.4 Å². The molecule has 8 N–H and O–H groups in total. The first-order valence-electron chi connectivity index (χ1n) is 7.43. The van der Waals surface area contributed by atoms with Gasteiger partial charge < -0.3 is 27.8 Å². The van der Waals surface area contributed by atoms with Crippen molar-refractivity contribution >= 4 is 53.0 Å². The summed E-state index contributed by atoms with van der Waals surface area (Å²) in [4.78, 5) is 20.2. The number of nitrogens with two attached hydrogens (primary N) is 3. The lowest BCUT2D eigenvalue weighted by Crippen LogP contribution is -2.12. The Morgan fingerprint density at radius 2 is 1.62 bits per heavy atom. The first kappa shape index (κ1) is 18.8. The summed E-state index contributed by atoms with van der Waals surface area (Å²) in [5.74, 6) is 0.531. The maximum absolute atomic E-state index is 12.4. The van der Waals surface area contributed by atoms with E-state index in [9.17, 15) is 4.79 Å². The molecule has 26 heavy (non-hydrogen) atoms. The quantitative estimate of drug-likeness (QED) is 0.443. The molecule has 0 atom stereocenters. The molecule has 0 unspecified atom stereocenters. The van der Waals surface area contributed by atoms with E-state index in [-0.39, 0.29) is 30.1 Å². The molecule has 0 bridgehead atoms. The van der Waals surface area contributed by atoms with Crippen LogP contribution in [0.4, 0.5) is 34.6 Å². The Morgan fingerprint density at radius 3 is 2.31 bits per heavy atom. The van der Waals surface area contributed by atoms with Crippen LogP contribution in [0.25, 0.3) is 0 Å². The summed E-state index contributed by atoms with van der Waals surface area (Å²) in [5, 5.41) is 5.85. The van der Waals surface area contributed by atoms with Crippen LogP contribution in [-0.4, -0.2) is 15.9 Å². The fourth-order valence-electron chi connectivity index (χ4n) is 2.21. The number of rotatable bonds is 4. The van der Waals surface area contributed by atoms with Gasteiger partial charge in [-0.25, -0.2) is 0 Å². The van der Waals surface area contributed by atoms with Gasteiger partial charge in [0.15, 0.2) is 0 Å². The molecule has 0 aliphatic rings. The fraction of sp³-hybridized carbons (Fsp3) is 0. The number of aromatic nitrogens is 2. The Hall–Kier alpha value is -3.52. The van der Waals surface area contributed by atoms with E-state index in [1.54, 1.807) is 54.6 Å². The number of hydrogen-bond acceptors (Lipinski definition) is 7. The Kier molecular flexibility index (Phi) is 5.82. The summed E-state index contributed by atoms with van der Waals surface area (Å²) in [6.07, 6.45) is 0. The monoisotopic (exact) mass is 371 g/mol. The van der Waals surface area contributed by atoms with Crippen molar-refractivity contribution in [3.8, 4) is 0 Å². The van der Waals surface area contributed by atoms with Crippen molar-refractivity contribution in [3.63, 3.8) is 0 Å². The standard InChI is InChI=1S/C17H17N7O.ClH/c18-11-4-6-12(7-5-11)22-16(25)10-2-1-3-13(8-10)21-15-9-14(19)23-17(20)24-15;/h1-9H,18H2,(H,22,25)(H5,19,20,21,23,24);1H. The summed E-state index contributed by atoms with van der Waals surface area (Å²) in [5.41, 5.74) is 19.3. The highest BCUT2D eigenvalue weighted by molar-refractivity contribution is 6.04. The molecule has 9 heteroatoms. The van der Waals surface area contributed by atoms with Gasteiger partial charge in [-0.1, -0.05) is 6.07 Å². The number of anilines is 6. The first-order chi connectivity index (χ1) is 12.0. The first-order valence-corrected chi connectivity index (χ1v) is 7.43. The third-order valence-corrected chi connectivity index (χ3v) is 3.33. The number of amides is 1. The smallest absolute Gasteiger partial charge is 0.255 e. The molecule has 1 heterocycles. The van der Waals surface area contributed by atoms with Crippen LogP contribution in [0.1, 0.15) is 10.4 Å². The largest absolute Gasteiger partial charge is 0.399 e. The molecule has 3 rings (SSSR count). The molecule has 134 valence electrons. The van der Waals surface area contributed by atoms with Crippen molar-refractivity contribution in [1.29, 1.82) is 0 Å². The summed E-state index contributed by atoms with van der Waals surface area (Å²) in [6, 6.07) is 15.4. The maximum atomic E-state index is 12.4. The summed E-state index contributed by atoms with van der Waals surface area (Å²) in [6.45, 7) is 0. The zero-order valence-electron chi connectivity index (χ0n) is 13.6. The maximum Gasteiger partial charge on any atom is 0.255 e. The number of hydrogen-bond donors (Lipinski definition) is 5. The van der Waals surface area contributed by atoms with Gasteiger partial charge in [-0.2, -0.15) is 9.97 Å². The van der Waals surface area contributed by atoms with E-state index in [1.165, 1.54) is 0 Å². The summed E-state index contributed by atoms with van der Waals surface area (Å²) >= 11 is 0. The minimum Gasteiger partial charge on any atom is -0.399 e. The molecular formula is C17H18ClN7O. The highest BCUT2D eigenvalue weighted by Crippen LogP contribution is 2.19. The van der Waals surface area contributed by atoms with Gasteiger partial charge in [0.25, 0.3) is 5.91 Å². The predicted octanol–water partition coefficient (Wildman–Crippen LogP) is 2.64. The molecule has 3 aromatic rings. The molecular weight excluding hydrogens is 354 g/mol. The van der Waals surface area contributed by atoms with Crippen molar-refractivity contribution in [1.82, 2.24) is 9.97 Å². The second kappa shape index (κ2) is 8.04. The van der Waals surface area contributed by atoms with Crippen molar-refractivity contribution in [2.75, 3.05) is 27.8 Å². The van der Waals surface area contributed by atoms with Gasteiger partial charge in [0.05, 0.1) is 0 Å². The molecule has 1 amide bonds. The van der Waals surface area contributed by atoms with Crippen LogP contribution in [0, 0.1) is 0 Å². The Morgan fingerprint density at radius 1 is 0.885 bits per heavy atom. The van der Waals surface area contributed by atoms with E-state index in [0.717, 1.165) is 0 Å². The topological polar surface area (TPSA) is 145 Å². The van der Waals surface area contributed by atoms with Gasteiger partial charge in [-0.05, 0) is 42.5 Å². The lowest BCUT2D eigenvalue weighted by Gasteiger charge is -2.09. The van der Waals surface area contributed by atoms with Crippen molar-refractivity contribution in [2.45, 2.75) is 0 Å². The average molecular weight is 372 g/mol. The van der Waals surface area contributed by atoms with Crippen LogP contribution in [0.2, 0.25) is 0 Å². The van der Waals surface area contributed by atoms with E-state index >= 15 is 0 Å². The fourth-order valence-corrected chi connectivity index (χ4v) is 2.21. The van der Waals surface area contributed by atoms with Crippen LogP contribution in [-0.2, 0) is 0 Å². The van der Waals surface area contributed by atoms with Crippen molar-refractivity contribution in [2.24, 2.45) is 0 Å². The molecule has 8 nitrogen and oxygen atoms in total. The number of carbonyl (C=O) groups excluding carboxylic acids is 1. The minimum absolute atomic E-state index is 0. The van der Waals surface area contributed by atoms with Gasteiger partial charge in [-0.15, -0.1) is 12.4 Å². The third-order valence-electron chi connectivity index (χ3n) is 3.33. The van der Waals surface area contributed by atoms with Gasteiger partial charge >= 0.3 is 0 Å². The number of carbonyl (C=O) groups is 1. The predicted molar refractivity (Wildman–Crippen MR) is 107 cm³/mol. The Balaban J connectivity index is 0.00000243. The zero-order valence-corrected chi connectivity index (χ0v) is 14.5. The summed E-state index contributed by atoms with van der Waals surface area (Å²) in [7, 11) is 0. The molecule has 2 aromatic carbocycles. The molecule has 0 radical (unpaired) electrons. The second-order valence-electron chi connectivity index (χ2n) is 5.32. The molecule has 1 aromatic heterocycles. The van der Waals surface area contributed by atoms with E-state index < -0.39 is 0 Å². The van der Waals surface area contributed by atoms with Crippen LogP contribution >= 0.6 is 12.4 Å². The summed E-state index contributed by atoms with van der Waals surface area (Å²) < 4.78 is 0. The number of nitrogen functional groups attached to an aromatic ring is 3. The Bertz CT molecular complexity index is 895. The van der Waals surface area contributed by atoms with Gasteiger partial charge in [0.1, 0.15) is 11.6 Å². The van der Waals surface area contributed by atoms with Crippen LogP contribution in [0.3, 0.4) is 0 Å². The van der Waals surface area contributed by atoms with E-state index in [1.807, 2.05) is 0 Å². The van der Waals surface area contributed by atoms with Gasteiger partial charge in [-0.3, -0.25) is 4.79 Å². The molecule has 0 spiro atoms. The lowest BCUT2D eigenvalue weighted by atomic mass is 10.1. The highest BCUT2D eigenvalue weighted by atomic mass is 35.5. The van der Waals surface area contributed by atoms with Crippen LogP contribution in [0.5, 0.6) is 0 Å². The lowest BCUT2D eigenvalue weighted by molar-refractivity contribution is 0.102. The van der Waals surface area contributed by atoms with Crippen LogP contribution in [0.15, 0.2) is 54.6 Å². The number of nitrogens with one attached hydrogen (secondary N) is 2. The van der Waals surface area contributed by atoms with E-state index in [4.69, 9.17) is 17.2 Å². The normalized spacial score (nSPS) is 9.85. The van der Waals surface area contributed by atoms with Crippen molar-refractivity contribution in [3.05, 3.63) is 60.2 Å². The molecule has 0 aliphatic heterocycles. The molecule has 0 fully saturated rings. The number of benzene rings is 2. The van der Waals surface area contributed by atoms with E-state index in [2.05, 4.69) is 20.6 Å². The Labute approximate surface area is 156 Å². The van der Waals surface area contributed by atoms with Gasteiger partial charge in [0.2, 0.25) is 5.95 Å². The molecule has 0 saturated heterocycles. The minimum atomic E-state index is -0.241. The van der Waals surface area contributed by atoms with Crippen molar-refractivity contribution < 1.29 is 4.79 Å². The number of nitrogens with zero attached hydrogens (tertiary/aromatic N) is 2. The van der Waals surface area contributed by atoms with Gasteiger partial charge in [0, 0.05) is 28.7 Å². The average Bonchev–Trinajstić information content (AvgIpc) is 2.56. The zero-order chi connectivity index (χ0) is 17.8.